The van der Waals surface area contributed by atoms with E-state index in [-0.39, 0.29) is 18.0 Å². The van der Waals surface area contributed by atoms with Crippen LogP contribution in [-0.4, -0.2) is 33.6 Å². The molecule has 2 aromatic rings. The molecular formula is C13H16N6O. The van der Waals surface area contributed by atoms with Crippen LogP contribution in [0.5, 0.6) is 0 Å². The van der Waals surface area contributed by atoms with Gasteiger partial charge in [0.05, 0.1) is 6.04 Å². The van der Waals surface area contributed by atoms with Crippen LogP contribution in [-0.2, 0) is 4.79 Å². The van der Waals surface area contributed by atoms with Gasteiger partial charge >= 0.3 is 0 Å². The van der Waals surface area contributed by atoms with Crippen LogP contribution in [0.1, 0.15) is 36.8 Å². The molecule has 0 aliphatic carbocycles. The van der Waals surface area contributed by atoms with Crippen LogP contribution >= 0.6 is 0 Å². The summed E-state index contributed by atoms with van der Waals surface area (Å²) in [5.41, 5.74) is 2.06. The number of carbonyl (C=O) groups excluding carboxylic acids is 1. The van der Waals surface area contributed by atoms with Crippen LogP contribution in [0.4, 0.5) is 5.69 Å². The Balaban J connectivity index is 1.87. The fourth-order valence-corrected chi connectivity index (χ4v) is 2.52. The lowest BCUT2D eigenvalue weighted by Crippen LogP contribution is -2.38. The van der Waals surface area contributed by atoms with Gasteiger partial charge in [0.25, 0.3) is 0 Å². The maximum absolute atomic E-state index is 12.1. The van der Waals surface area contributed by atoms with Crippen LogP contribution in [0, 0.1) is 0 Å². The van der Waals surface area contributed by atoms with Gasteiger partial charge in [-0.2, -0.15) is 5.21 Å². The first-order valence-corrected chi connectivity index (χ1v) is 6.51. The molecule has 3 rings (SSSR count). The zero-order valence-electron chi connectivity index (χ0n) is 11.4. The number of para-hydroxylation sites is 1. The minimum Gasteiger partial charge on any atom is -0.315 e. The quantitative estimate of drug-likeness (QED) is 0.869. The third-order valence-electron chi connectivity index (χ3n) is 3.63. The number of anilines is 1. The van der Waals surface area contributed by atoms with Crippen molar-refractivity contribution in [2.24, 2.45) is 0 Å². The molecule has 1 amide bonds. The number of hydrogen-bond acceptors (Lipinski definition) is 5. The van der Waals surface area contributed by atoms with Gasteiger partial charge in [0.2, 0.25) is 5.91 Å². The van der Waals surface area contributed by atoms with Crippen molar-refractivity contribution in [1.29, 1.82) is 0 Å². The van der Waals surface area contributed by atoms with Gasteiger partial charge in [-0.3, -0.25) is 10.1 Å². The number of carbonyl (C=O) groups is 1. The fourth-order valence-electron chi connectivity index (χ4n) is 2.52. The number of nitrogens with zero attached hydrogens (tertiary/aromatic N) is 4. The van der Waals surface area contributed by atoms with E-state index in [1.165, 1.54) is 0 Å². The summed E-state index contributed by atoms with van der Waals surface area (Å²) < 4.78 is 0. The molecule has 1 aliphatic heterocycles. The zero-order chi connectivity index (χ0) is 14.1. The number of rotatable bonds is 3. The number of benzene rings is 1. The second-order valence-electron chi connectivity index (χ2n) is 4.93. The Morgan fingerprint density at radius 1 is 1.45 bits per heavy atom. The summed E-state index contributed by atoms with van der Waals surface area (Å²) in [5, 5.41) is 17.3. The first kappa shape index (κ1) is 12.7. The smallest absolute Gasteiger partial charge is 0.228 e. The van der Waals surface area contributed by atoms with E-state index in [2.05, 4.69) is 25.9 Å². The van der Waals surface area contributed by atoms with E-state index in [9.17, 15) is 4.79 Å². The summed E-state index contributed by atoms with van der Waals surface area (Å²) in [6.07, 6.45) is 0.426. The van der Waals surface area contributed by atoms with Gasteiger partial charge in [-0.1, -0.05) is 23.4 Å². The van der Waals surface area contributed by atoms with Crippen molar-refractivity contribution in [2.75, 3.05) is 11.9 Å². The van der Waals surface area contributed by atoms with Crippen LogP contribution in [0.2, 0.25) is 0 Å². The van der Waals surface area contributed by atoms with Crippen molar-refractivity contribution < 1.29 is 4.79 Å². The first-order valence-electron chi connectivity index (χ1n) is 6.51. The summed E-state index contributed by atoms with van der Waals surface area (Å²) in [4.78, 5) is 13.8. The highest BCUT2D eigenvalue weighted by molar-refractivity contribution is 5.96. The fraction of sp³-hybridized carbons (Fsp3) is 0.385. The topological polar surface area (TPSA) is 86.8 Å². The van der Waals surface area contributed by atoms with Gasteiger partial charge in [-0.25, -0.2) is 0 Å². The monoisotopic (exact) mass is 272 g/mol. The Morgan fingerprint density at radius 3 is 3.00 bits per heavy atom. The summed E-state index contributed by atoms with van der Waals surface area (Å²) >= 11 is 0. The largest absolute Gasteiger partial charge is 0.315 e. The third kappa shape index (κ3) is 2.16. The summed E-state index contributed by atoms with van der Waals surface area (Å²) in [6, 6.07) is 7.80. The lowest BCUT2D eigenvalue weighted by atomic mass is 9.95. The maximum Gasteiger partial charge on any atom is 0.228 e. The van der Waals surface area contributed by atoms with Crippen molar-refractivity contribution in [3.63, 3.8) is 0 Å². The number of aromatic amines is 1. The molecule has 0 spiro atoms. The molecule has 1 aliphatic rings. The number of tetrazole rings is 1. The Kier molecular flexibility index (Phi) is 3.19. The molecule has 2 heterocycles. The summed E-state index contributed by atoms with van der Waals surface area (Å²) in [7, 11) is 1.81. The third-order valence-corrected chi connectivity index (χ3v) is 3.63. The maximum atomic E-state index is 12.1. The number of aromatic nitrogens is 4. The molecule has 2 N–H and O–H groups in total. The van der Waals surface area contributed by atoms with E-state index in [4.69, 9.17) is 0 Å². The predicted molar refractivity (Wildman–Crippen MR) is 72.9 cm³/mol. The molecule has 0 saturated heterocycles. The van der Waals surface area contributed by atoms with Gasteiger partial charge in [0.1, 0.15) is 0 Å². The highest BCUT2D eigenvalue weighted by Gasteiger charge is 2.30. The Bertz CT molecular complexity index is 611. The van der Waals surface area contributed by atoms with Crippen molar-refractivity contribution in [3.05, 3.63) is 35.7 Å². The number of nitrogens with one attached hydrogen (secondary N) is 2. The van der Waals surface area contributed by atoms with Gasteiger partial charge in [0, 0.05) is 25.2 Å². The molecule has 2 atom stereocenters. The molecule has 7 heteroatoms. The number of hydrogen-bond donors (Lipinski definition) is 2. The second kappa shape index (κ2) is 5.01. The highest BCUT2D eigenvalue weighted by atomic mass is 16.2. The van der Waals surface area contributed by atoms with E-state index in [0.717, 1.165) is 11.3 Å². The predicted octanol–water partition coefficient (Wildman–Crippen LogP) is 0.958. The van der Waals surface area contributed by atoms with E-state index < -0.39 is 0 Å². The average Bonchev–Trinajstić information content (AvgIpc) is 2.99. The molecular weight excluding hydrogens is 256 g/mol. The van der Waals surface area contributed by atoms with Gasteiger partial charge in [0.15, 0.2) is 5.82 Å². The molecule has 0 saturated carbocycles. The van der Waals surface area contributed by atoms with Crippen molar-refractivity contribution in [3.8, 4) is 0 Å². The molecule has 104 valence electrons. The second-order valence-corrected chi connectivity index (χ2v) is 4.93. The van der Waals surface area contributed by atoms with Gasteiger partial charge in [-0.15, -0.1) is 10.2 Å². The SMILES string of the molecule is CC(NC1CC(=O)N(C)c2ccccc21)c1nn[nH]n1. The number of fused-ring (bicyclic) bond motifs is 1. The van der Waals surface area contributed by atoms with Crippen molar-refractivity contribution >= 4 is 11.6 Å². The lowest BCUT2D eigenvalue weighted by molar-refractivity contribution is -0.119. The standard InChI is InChI=1S/C13H16N6O/c1-8(13-15-17-18-16-13)14-10-7-12(20)19(2)11-6-4-3-5-9(10)11/h3-6,8,10,14H,7H2,1-2H3,(H,15,16,17,18). The van der Waals surface area contributed by atoms with Crippen LogP contribution in [0.25, 0.3) is 0 Å². The Morgan fingerprint density at radius 2 is 2.25 bits per heavy atom. The molecule has 1 aromatic carbocycles. The lowest BCUT2D eigenvalue weighted by Gasteiger charge is -2.33. The Labute approximate surface area is 116 Å². The molecule has 0 bridgehead atoms. The molecule has 7 nitrogen and oxygen atoms in total. The van der Waals surface area contributed by atoms with E-state index in [1.54, 1.807) is 11.9 Å². The minimum absolute atomic E-state index is 0.0385. The molecule has 20 heavy (non-hydrogen) atoms. The van der Waals surface area contributed by atoms with Gasteiger partial charge < -0.3 is 4.90 Å². The molecule has 0 radical (unpaired) electrons. The van der Waals surface area contributed by atoms with E-state index in [0.29, 0.717) is 12.2 Å². The summed E-state index contributed by atoms with van der Waals surface area (Å²) in [5.74, 6) is 0.690. The van der Waals surface area contributed by atoms with Crippen LogP contribution < -0.4 is 10.2 Å². The van der Waals surface area contributed by atoms with Crippen LogP contribution in [0.15, 0.2) is 24.3 Å². The van der Waals surface area contributed by atoms with E-state index >= 15 is 0 Å². The number of amides is 1. The van der Waals surface area contributed by atoms with Gasteiger partial charge in [-0.05, 0) is 18.6 Å². The van der Waals surface area contributed by atoms with Crippen molar-refractivity contribution in [2.45, 2.75) is 25.4 Å². The van der Waals surface area contributed by atoms with E-state index in [1.807, 2.05) is 31.2 Å². The summed E-state index contributed by atoms with van der Waals surface area (Å²) in [6.45, 7) is 1.95. The van der Waals surface area contributed by atoms with Crippen LogP contribution in [0.3, 0.4) is 0 Å². The Hall–Kier alpha value is -2.28. The van der Waals surface area contributed by atoms with Crippen molar-refractivity contribution in [1.82, 2.24) is 25.9 Å². The highest BCUT2D eigenvalue weighted by Crippen LogP contribution is 2.34. The normalized spacial score (nSPS) is 19.8. The molecule has 2 unspecified atom stereocenters. The zero-order valence-corrected chi connectivity index (χ0v) is 11.4. The number of H-pyrrole nitrogens is 1. The minimum atomic E-state index is -0.0805. The molecule has 1 aromatic heterocycles. The average molecular weight is 272 g/mol. The first-order chi connectivity index (χ1) is 9.66. The molecule has 0 fully saturated rings.